The molecule has 0 radical (unpaired) electrons. The Hall–Kier alpha value is -2.70. The zero-order valence-electron chi connectivity index (χ0n) is 15.7. The average Bonchev–Trinajstić information content (AvgIpc) is 3.18. The molecule has 0 amide bonds. The summed E-state index contributed by atoms with van der Waals surface area (Å²) in [5.74, 6) is 0.740. The van der Waals surface area contributed by atoms with Gasteiger partial charge in [-0.2, -0.15) is 0 Å². The highest BCUT2D eigenvalue weighted by atomic mass is 35.5. The molecular weight excluding hydrogens is 407 g/mol. The minimum absolute atomic E-state index is 0.322. The predicted octanol–water partition coefficient (Wildman–Crippen LogP) is 5.98. The van der Waals surface area contributed by atoms with E-state index in [1.54, 1.807) is 24.5 Å². The lowest BCUT2D eigenvalue weighted by Crippen LogP contribution is -2.00. The number of pyridine rings is 1. The summed E-state index contributed by atoms with van der Waals surface area (Å²) in [6, 6.07) is 16.8. The molecule has 0 spiro atoms. The van der Waals surface area contributed by atoms with Crippen molar-refractivity contribution >= 4 is 23.4 Å². The molecule has 2 aromatic heterocycles. The Morgan fingerprint density at radius 3 is 2.45 bits per heavy atom. The molecule has 0 saturated heterocycles. The summed E-state index contributed by atoms with van der Waals surface area (Å²) in [5.41, 5.74) is 3.56. The van der Waals surface area contributed by atoms with Gasteiger partial charge in [-0.15, -0.1) is 10.2 Å². The van der Waals surface area contributed by atoms with Crippen molar-refractivity contribution < 1.29 is 4.39 Å². The first-order valence-electron chi connectivity index (χ1n) is 9.18. The van der Waals surface area contributed by atoms with Gasteiger partial charge in [0.05, 0.1) is 0 Å². The number of aromatic nitrogens is 4. The fraction of sp³-hybridized carbons (Fsp3) is 0.136. The van der Waals surface area contributed by atoms with Crippen LogP contribution in [0.2, 0.25) is 5.02 Å². The number of hydrogen-bond acceptors (Lipinski definition) is 4. The van der Waals surface area contributed by atoms with Crippen molar-refractivity contribution in [2.75, 3.05) is 0 Å². The maximum Gasteiger partial charge on any atom is 0.196 e. The monoisotopic (exact) mass is 424 g/mol. The highest BCUT2D eigenvalue weighted by Crippen LogP contribution is 2.32. The molecule has 0 bridgehead atoms. The molecule has 0 aliphatic rings. The summed E-state index contributed by atoms with van der Waals surface area (Å²) in [7, 11) is 0. The number of halogens is 2. The van der Waals surface area contributed by atoms with E-state index in [2.05, 4.69) is 34.2 Å². The molecular formula is C22H18ClFN4S. The van der Waals surface area contributed by atoms with Gasteiger partial charge in [0.15, 0.2) is 11.0 Å². The van der Waals surface area contributed by atoms with Crippen LogP contribution in [0.1, 0.15) is 18.1 Å². The van der Waals surface area contributed by atoms with Crippen LogP contribution in [0.15, 0.2) is 72.1 Å². The van der Waals surface area contributed by atoms with Crippen molar-refractivity contribution in [1.29, 1.82) is 0 Å². The molecule has 2 aromatic carbocycles. The molecule has 7 heteroatoms. The summed E-state index contributed by atoms with van der Waals surface area (Å²) in [4.78, 5) is 4.08. The summed E-state index contributed by atoms with van der Waals surface area (Å²) in [5, 5.41) is 9.85. The minimum atomic E-state index is -0.322. The first-order chi connectivity index (χ1) is 14.2. The van der Waals surface area contributed by atoms with Gasteiger partial charge < -0.3 is 0 Å². The highest BCUT2D eigenvalue weighted by molar-refractivity contribution is 7.98. The molecule has 146 valence electrons. The molecule has 0 atom stereocenters. The quantitative estimate of drug-likeness (QED) is 0.357. The van der Waals surface area contributed by atoms with Gasteiger partial charge in [0, 0.05) is 40.0 Å². The summed E-state index contributed by atoms with van der Waals surface area (Å²) >= 11 is 7.58. The van der Waals surface area contributed by atoms with Gasteiger partial charge in [0.25, 0.3) is 0 Å². The van der Waals surface area contributed by atoms with E-state index in [9.17, 15) is 4.39 Å². The second-order valence-corrected chi connectivity index (χ2v) is 7.74. The number of nitrogens with zero attached hydrogens (tertiary/aromatic N) is 4. The van der Waals surface area contributed by atoms with Gasteiger partial charge >= 0.3 is 0 Å². The minimum Gasteiger partial charge on any atom is -0.270 e. The fourth-order valence-corrected chi connectivity index (χ4v) is 4.27. The zero-order chi connectivity index (χ0) is 20.2. The summed E-state index contributed by atoms with van der Waals surface area (Å²) in [6.07, 6.45) is 4.41. The van der Waals surface area contributed by atoms with E-state index >= 15 is 0 Å². The van der Waals surface area contributed by atoms with Crippen LogP contribution < -0.4 is 0 Å². The van der Waals surface area contributed by atoms with E-state index in [0.29, 0.717) is 27.3 Å². The molecule has 0 fully saturated rings. The van der Waals surface area contributed by atoms with Crippen molar-refractivity contribution in [2.45, 2.75) is 24.3 Å². The zero-order valence-corrected chi connectivity index (χ0v) is 17.3. The lowest BCUT2D eigenvalue weighted by Gasteiger charge is -2.11. The van der Waals surface area contributed by atoms with Crippen LogP contribution in [0.25, 0.3) is 17.1 Å². The average molecular weight is 425 g/mol. The first kappa shape index (κ1) is 19.6. The lowest BCUT2D eigenvalue weighted by atomic mass is 10.1. The Balaban J connectivity index is 1.74. The molecule has 4 aromatic rings. The van der Waals surface area contributed by atoms with E-state index in [1.807, 2.05) is 28.8 Å². The smallest absolute Gasteiger partial charge is 0.196 e. The maximum atomic E-state index is 14.2. The molecule has 4 nitrogen and oxygen atoms in total. The third-order valence-corrected chi connectivity index (χ3v) is 5.89. The van der Waals surface area contributed by atoms with Crippen LogP contribution in [0, 0.1) is 5.82 Å². The SMILES string of the molecule is CCc1ccc(-n2c(SCc3c(F)cccc3Cl)nnc2-c2ccncc2)cc1. The molecule has 29 heavy (non-hydrogen) atoms. The number of rotatable bonds is 6. The fourth-order valence-electron chi connectivity index (χ4n) is 2.97. The largest absolute Gasteiger partial charge is 0.270 e. The molecule has 0 aliphatic carbocycles. The van der Waals surface area contributed by atoms with Crippen molar-refractivity contribution in [1.82, 2.24) is 19.7 Å². The van der Waals surface area contributed by atoms with E-state index in [0.717, 1.165) is 17.7 Å². The molecule has 0 saturated carbocycles. The molecule has 0 unspecified atom stereocenters. The third kappa shape index (κ3) is 4.18. The summed E-state index contributed by atoms with van der Waals surface area (Å²) in [6.45, 7) is 2.12. The van der Waals surface area contributed by atoms with Gasteiger partial charge in [-0.3, -0.25) is 9.55 Å². The van der Waals surface area contributed by atoms with Gasteiger partial charge in [-0.1, -0.05) is 48.5 Å². The third-order valence-electron chi connectivity index (χ3n) is 4.58. The van der Waals surface area contributed by atoms with Crippen LogP contribution in [0.3, 0.4) is 0 Å². The second-order valence-electron chi connectivity index (χ2n) is 6.39. The number of thioether (sulfide) groups is 1. The molecule has 4 rings (SSSR count). The van der Waals surface area contributed by atoms with E-state index in [1.165, 1.54) is 23.4 Å². The molecule has 0 aliphatic heterocycles. The highest BCUT2D eigenvalue weighted by Gasteiger charge is 2.17. The summed E-state index contributed by atoms with van der Waals surface area (Å²) < 4.78 is 16.2. The Kier molecular flexibility index (Phi) is 5.92. The van der Waals surface area contributed by atoms with Crippen molar-refractivity contribution in [2.24, 2.45) is 0 Å². The lowest BCUT2D eigenvalue weighted by molar-refractivity contribution is 0.617. The van der Waals surface area contributed by atoms with Crippen LogP contribution in [-0.4, -0.2) is 19.7 Å². The number of benzene rings is 2. The van der Waals surface area contributed by atoms with E-state index in [4.69, 9.17) is 11.6 Å². The number of aryl methyl sites for hydroxylation is 1. The Morgan fingerprint density at radius 2 is 1.76 bits per heavy atom. The first-order valence-corrected chi connectivity index (χ1v) is 10.5. The Labute approximate surface area is 177 Å². The van der Waals surface area contributed by atoms with Crippen LogP contribution in [0.4, 0.5) is 4.39 Å². The van der Waals surface area contributed by atoms with E-state index in [-0.39, 0.29) is 5.82 Å². The second kappa shape index (κ2) is 8.76. The van der Waals surface area contributed by atoms with Crippen LogP contribution in [0.5, 0.6) is 0 Å². The predicted molar refractivity (Wildman–Crippen MR) is 115 cm³/mol. The van der Waals surface area contributed by atoms with Crippen LogP contribution in [-0.2, 0) is 12.2 Å². The van der Waals surface area contributed by atoms with Gasteiger partial charge in [0.1, 0.15) is 5.82 Å². The van der Waals surface area contributed by atoms with Gasteiger partial charge in [-0.25, -0.2) is 4.39 Å². The Bertz CT molecular complexity index is 1090. The van der Waals surface area contributed by atoms with Crippen molar-refractivity contribution in [3.8, 4) is 17.1 Å². The van der Waals surface area contributed by atoms with Crippen molar-refractivity contribution in [3.63, 3.8) is 0 Å². The topological polar surface area (TPSA) is 43.6 Å². The van der Waals surface area contributed by atoms with E-state index < -0.39 is 0 Å². The normalized spacial score (nSPS) is 11.0. The number of hydrogen-bond donors (Lipinski definition) is 0. The Morgan fingerprint density at radius 1 is 1.00 bits per heavy atom. The van der Waals surface area contributed by atoms with Gasteiger partial charge in [0.2, 0.25) is 0 Å². The maximum absolute atomic E-state index is 14.2. The van der Waals surface area contributed by atoms with Crippen molar-refractivity contribution in [3.05, 3.63) is 89.0 Å². The molecule has 2 heterocycles. The standard InChI is InChI=1S/C22H18ClFN4S/c1-2-15-6-8-17(9-7-15)28-21(16-10-12-25-13-11-16)26-27-22(28)29-14-18-19(23)4-3-5-20(18)24/h3-13H,2,14H2,1H3. The molecule has 0 N–H and O–H groups in total. The van der Waals surface area contributed by atoms with Crippen LogP contribution >= 0.6 is 23.4 Å². The van der Waals surface area contributed by atoms with Gasteiger partial charge in [-0.05, 0) is 48.4 Å².